The van der Waals surface area contributed by atoms with Crippen molar-refractivity contribution in [1.82, 2.24) is 15.8 Å². The van der Waals surface area contributed by atoms with Gasteiger partial charge in [0.1, 0.15) is 18.1 Å². The Labute approximate surface area is 136 Å². The molecule has 1 unspecified atom stereocenters. The Kier molecular flexibility index (Phi) is 5.76. The molecule has 0 saturated heterocycles. The van der Waals surface area contributed by atoms with Crippen LogP contribution >= 0.6 is 0 Å². The lowest BCUT2D eigenvalue weighted by Crippen LogP contribution is -2.37. The minimum atomic E-state index is -0.151. The summed E-state index contributed by atoms with van der Waals surface area (Å²) in [7, 11) is 1.86. The molecule has 1 atom stereocenters. The molecule has 2 rings (SSSR count). The summed E-state index contributed by atoms with van der Waals surface area (Å²) >= 11 is 0. The lowest BCUT2D eigenvalue weighted by Gasteiger charge is -2.14. The summed E-state index contributed by atoms with van der Waals surface area (Å²) in [5.41, 5.74) is 2.22. The van der Waals surface area contributed by atoms with Crippen LogP contribution in [0.2, 0.25) is 0 Å². The Bertz CT molecular complexity index is 647. The number of benzene rings is 1. The molecule has 0 saturated carbocycles. The van der Waals surface area contributed by atoms with Crippen LogP contribution in [0.3, 0.4) is 0 Å². The third kappa shape index (κ3) is 4.32. The molecule has 0 aliphatic carbocycles. The first-order chi connectivity index (χ1) is 11.0. The van der Waals surface area contributed by atoms with Gasteiger partial charge in [-0.3, -0.25) is 4.79 Å². The van der Waals surface area contributed by atoms with Gasteiger partial charge in [0.25, 0.3) is 5.91 Å². The molecule has 124 valence electrons. The second-order valence-electron chi connectivity index (χ2n) is 5.49. The van der Waals surface area contributed by atoms with E-state index < -0.39 is 0 Å². The van der Waals surface area contributed by atoms with Gasteiger partial charge in [-0.05, 0) is 40.0 Å². The Hall–Kier alpha value is -2.34. The molecule has 6 heteroatoms. The largest absolute Gasteiger partial charge is 0.488 e. The number of rotatable bonds is 7. The summed E-state index contributed by atoms with van der Waals surface area (Å²) in [6.45, 7) is 6.58. The first kappa shape index (κ1) is 17.0. The molecule has 2 aromatic rings. The highest BCUT2D eigenvalue weighted by molar-refractivity contribution is 5.96. The van der Waals surface area contributed by atoms with Crippen LogP contribution in [0.4, 0.5) is 0 Å². The Morgan fingerprint density at radius 2 is 2.09 bits per heavy atom. The molecule has 0 bridgehead atoms. The van der Waals surface area contributed by atoms with E-state index in [4.69, 9.17) is 9.26 Å². The summed E-state index contributed by atoms with van der Waals surface area (Å²) in [4.78, 5) is 12.3. The average molecular weight is 317 g/mol. The van der Waals surface area contributed by atoms with E-state index in [9.17, 15) is 4.79 Å². The fraction of sp³-hybridized carbons (Fsp3) is 0.412. The van der Waals surface area contributed by atoms with Crippen LogP contribution in [0.5, 0.6) is 5.75 Å². The van der Waals surface area contributed by atoms with Crippen LogP contribution in [0, 0.1) is 13.8 Å². The zero-order chi connectivity index (χ0) is 16.8. The van der Waals surface area contributed by atoms with Gasteiger partial charge < -0.3 is 19.9 Å². The zero-order valence-corrected chi connectivity index (χ0v) is 14.0. The number of amides is 1. The van der Waals surface area contributed by atoms with Crippen LogP contribution in [0.1, 0.15) is 34.3 Å². The van der Waals surface area contributed by atoms with Gasteiger partial charge in [-0.2, -0.15) is 0 Å². The number of carbonyl (C=O) groups excluding carboxylic acids is 1. The summed E-state index contributed by atoms with van der Waals surface area (Å²) in [6, 6.07) is 7.40. The Morgan fingerprint density at radius 1 is 1.35 bits per heavy atom. The van der Waals surface area contributed by atoms with Crippen molar-refractivity contribution >= 4 is 5.91 Å². The SMILES string of the molecule is CNC(C)CNC(=O)c1ccccc1OCc1c(C)noc1C. The monoisotopic (exact) mass is 317 g/mol. The van der Waals surface area contributed by atoms with E-state index in [0.717, 1.165) is 17.0 Å². The smallest absolute Gasteiger partial charge is 0.255 e. The van der Waals surface area contributed by atoms with E-state index in [-0.39, 0.29) is 11.9 Å². The number of aryl methyl sites for hydroxylation is 2. The van der Waals surface area contributed by atoms with Crippen LogP contribution < -0.4 is 15.4 Å². The number of carbonyl (C=O) groups is 1. The predicted octanol–water partition coefficient (Wildman–Crippen LogP) is 2.21. The number of likely N-dealkylation sites (N-methyl/N-ethyl adjacent to an activating group) is 1. The predicted molar refractivity (Wildman–Crippen MR) is 87.6 cm³/mol. The van der Waals surface area contributed by atoms with Crippen LogP contribution in [0.15, 0.2) is 28.8 Å². The standard InChI is InChI=1S/C17H23N3O3/c1-11(18-4)9-19-17(21)14-7-5-6-8-16(14)22-10-15-12(2)20-23-13(15)3/h5-8,11,18H,9-10H2,1-4H3,(H,19,21). The molecule has 0 radical (unpaired) electrons. The number of para-hydroxylation sites is 1. The molecule has 1 heterocycles. The number of aromatic nitrogens is 1. The fourth-order valence-corrected chi connectivity index (χ4v) is 2.08. The average Bonchev–Trinajstić information content (AvgIpc) is 2.89. The molecular weight excluding hydrogens is 294 g/mol. The molecule has 1 aromatic heterocycles. The lowest BCUT2D eigenvalue weighted by atomic mass is 10.1. The van der Waals surface area contributed by atoms with Crippen molar-refractivity contribution in [2.45, 2.75) is 33.4 Å². The molecular formula is C17H23N3O3. The van der Waals surface area contributed by atoms with Crippen LogP contribution in [-0.4, -0.2) is 30.7 Å². The Balaban J connectivity index is 2.07. The third-order valence-electron chi connectivity index (χ3n) is 3.75. The van der Waals surface area contributed by atoms with Crippen molar-refractivity contribution in [3.05, 3.63) is 46.8 Å². The minimum absolute atomic E-state index is 0.151. The maximum Gasteiger partial charge on any atom is 0.255 e. The van der Waals surface area contributed by atoms with E-state index in [1.54, 1.807) is 12.1 Å². The van der Waals surface area contributed by atoms with Crippen molar-refractivity contribution in [2.75, 3.05) is 13.6 Å². The van der Waals surface area contributed by atoms with Crippen molar-refractivity contribution in [1.29, 1.82) is 0 Å². The second kappa shape index (κ2) is 7.78. The lowest BCUT2D eigenvalue weighted by molar-refractivity contribution is 0.0946. The topological polar surface area (TPSA) is 76.4 Å². The second-order valence-corrected chi connectivity index (χ2v) is 5.49. The molecule has 0 aliphatic rings. The number of nitrogens with zero attached hydrogens (tertiary/aromatic N) is 1. The van der Waals surface area contributed by atoms with Gasteiger partial charge in [0.05, 0.1) is 16.8 Å². The van der Waals surface area contributed by atoms with Gasteiger partial charge in [-0.25, -0.2) is 0 Å². The molecule has 23 heavy (non-hydrogen) atoms. The van der Waals surface area contributed by atoms with E-state index in [1.807, 2.05) is 40.0 Å². The highest BCUT2D eigenvalue weighted by Crippen LogP contribution is 2.21. The van der Waals surface area contributed by atoms with Crippen molar-refractivity contribution in [2.24, 2.45) is 0 Å². The Morgan fingerprint density at radius 3 is 2.74 bits per heavy atom. The van der Waals surface area contributed by atoms with Gasteiger partial charge in [0.2, 0.25) is 0 Å². The number of nitrogens with one attached hydrogen (secondary N) is 2. The van der Waals surface area contributed by atoms with Crippen LogP contribution in [-0.2, 0) is 6.61 Å². The molecule has 0 aliphatic heterocycles. The van der Waals surface area contributed by atoms with E-state index in [0.29, 0.717) is 24.5 Å². The molecule has 2 N–H and O–H groups in total. The van der Waals surface area contributed by atoms with Gasteiger partial charge in [0.15, 0.2) is 0 Å². The van der Waals surface area contributed by atoms with E-state index in [2.05, 4.69) is 15.8 Å². The van der Waals surface area contributed by atoms with Crippen molar-refractivity contribution < 1.29 is 14.1 Å². The van der Waals surface area contributed by atoms with Gasteiger partial charge in [0, 0.05) is 12.6 Å². The summed E-state index contributed by atoms with van der Waals surface area (Å²) in [6.07, 6.45) is 0. The van der Waals surface area contributed by atoms with Gasteiger partial charge in [-0.1, -0.05) is 17.3 Å². The maximum atomic E-state index is 12.3. The summed E-state index contributed by atoms with van der Waals surface area (Å²) in [5.74, 6) is 1.12. The number of hydrogen-bond acceptors (Lipinski definition) is 5. The quantitative estimate of drug-likeness (QED) is 0.819. The number of hydrogen-bond donors (Lipinski definition) is 2. The maximum absolute atomic E-state index is 12.3. The highest BCUT2D eigenvalue weighted by Gasteiger charge is 2.15. The first-order valence-corrected chi connectivity index (χ1v) is 7.62. The summed E-state index contributed by atoms with van der Waals surface area (Å²) < 4.78 is 10.9. The first-order valence-electron chi connectivity index (χ1n) is 7.62. The van der Waals surface area contributed by atoms with Crippen molar-refractivity contribution in [3.8, 4) is 5.75 Å². The van der Waals surface area contributed by atoms with Crippen molar-refractivity contribution in [3.63, 3.8) is 0 Å². The highest BCUT2D eigenvalue weighted by atomic mass is 16.5. The van der Waals surface area contributed by atoms with E-state index >= 15 is 0 Å². The molecule has 1 aromatic carbocycles. The minimum Gasteiger partial charge on any atom is -0.488 e. The van der Waals surface area contributed by atoms with Crippen LogP contribution in [0.25, 0.3) is 0 Å². The van der Waals surface area contributed by atoms with E-state index in [1.165, 1.54) is 0 Å². The molecule has 0 spiro atoms. The molecule has 1 amide bonds. The summed E-state index contributed by atoms with van der Waals surface area (Å²) in [5, 5.41) is 9.88. The fourth-order valence-electron chi connectivity index (χ4n) is 2.08. The zero-order valence-electron chi connectivity index (χ0n) is 14.0. The van der Waals surface area contributed by atoms with Gasteiger partial charge >= 0.3 is 0 Å². The molecule has 6 nitrogen and oxygen atoms in total. The normalized spacial score (nSPS) is 12.0. The third-order valence-corrected chi connectivity index (χ3v) is 3.75. The number of ether oxygens (including phenoxy) is 1. The molecule has 0 fully saturated rings. The van der Waals surface area contributed by atoms with Gasteiger partial charge in [-0.15, -0.1) is 0 Å².